The van der Waals surface area contributed by atoms with Crippen LogP contribution in [-0.4, -0.2) is 49.5 Å². The van der Waals surface area contributed by atoms with Crippen LogP contribution in [0, 0.1) is 6.92 Å². The van der Waals surface area contributed by atoms with E-state index >= 15 is 0 Å². The summed E-state index contributed by atoms with van der Waals surface area (Å²) in [5.74, 6) is -4.61. The molecular formula is C25H24F6N4O5. The molecule has 1 amide bonds. The van der Waals surface area contributed by atoms with Gasteiger partial charge in [-0.25, -0.2) is 14.8 Å². The van der Waals surface area contributed by atoms with Gasteiger partial charge in [0.15, 0.2) is 0 Å². The molecule has 3 rings (SSSR count). The number of aliphatic hydroxyl groups is 2. The van der Waals surface area contributed by atoms with Crippen molar-refractivity contribution >= 4 is 17.7 Å². The minimum Gasteiger partial charge on any atom is -0.475 e. The number of alkyl halides is 6. The number of anilines is 1. The average Bonchev–Trinajstić information content (AvgIpc) is 2.83. The number of carboxylic acids is 1. The lowest BCUT2D eigenvalue weighted by molar-refractivity contribution is -0.255. The molecule has 9 nitrogen and oxygen atoms in total. The van der Waals surface area contributed by atoms with E-state index in [0.717, 1.165) is 12.1 Å². The van der Waals surface area contributed by atoms with Gasteiger partial charge in [0.05, 0.1) is 17.5 Å². The Hall–Kier alpha value is -4.24. The van der Waals surface area contributed by atoms with E-state index in [4.69, 9.17) is 21.4 Å². The van der Waals surface area contributed by atoms with Crippen LogP contribution in [0.5, 0.6) is 0 Å². The smallest absolute Gasteiger partial charge is 0.475 e. The monoisotopic (exact) mass is 574 g/mol. The molecule has 40 heavy (non-hydrogen) atoms. The van der Waals surface area contributed by atoms with E-state index in [1.807, 2.05) is 0 Å². The molecule has 1 atom stereocenters. The Morgan fingerprint density at radius 2 is 1.40 bits per heavy atom. The van der Waals surface area contributed by atoms with Gasteiger partial charge in [0.2, 0.25) is 0 Å². The lowest BCUT2D eigenvalue weighted by Gasteiger charge is -2.28. The summed E-state index contributed by atoms with van der Waals surface area (Å²) in [5.41, 5.74) is 7.66. The lowest BCUT2D eigenvalue weighted by Crippen LogP contribution is -2.52. The van der Waals surface area contributed by atoms with E-state index in [2.05, 4.69) is 9.97 Å². The summed E-state index contributed by atoms with van der Waals surface area (Å²) in [7, 11) is 0. The zero-order valence-electron chi connectivity index (χ0n) is 21.1. The van der Waals surface area contributed by atoms with Crippen molar-refractivity contribution in [3.63, 3.8) is 0 Å². The zero-order chi connectivity index (χ0) is 30.8. The molecule has 0 fully saturated rings. The molecule has 216 valence electrons. The second kappa shape index (κ2) is 11.1. The summed E-state index contributed by atoms with van der Waals surface area (Å²) < 4.78 is 72.3. The number of carbonyl (C=O) groups is 2. The van der Waals surface area contributed by atoms with Crippen molar-refractivity contribution in [2.24, 2.45) is 5.73 Å². The van der Waals surface area contributed by atoms with Crippen LogP contribution in [0.2, 0.25) is 0 Å². The van der Waals surface area contributed by atoms with Gasteiger partial charge in [-0.2, -0.15) is 26.3 Å². The predicted molar refractivity (Wildman–Crippen MR) is 130 cm³/mol. The summed E-state index contributed by atoms with van der Waals surface area (Å²) in [6.45, 7) is 4.91. The van der Waals surface area contributed by atoms with Gasteiger partial charge >= 0.3 is 18.3 Å². The Morgan fingerprint density at radius 3 is 1.82 bits per heavy atom. The Kier molecular flexibility index (Phi) is 8.87. The molecule has 0 aliphatic carbocycles. The number of amides is 1. The highest BCUT2D eigenvalue weighted by Gasteiger charge is 2.60. The van der Waals surface area contributed by atoms with Crippen LogP contribution in [0.4, 0.5) is 32.2 Å². The van der Waals surface area contributed by atoms with E-state index in [-0.39, 0.29) is 22.8 Å². The first-order chi connectivity index (χ1) is 18.1. The van der Waals surface area contributed by atoms with Crippen LogP contribution in [0.3, 0.4) is 0 Å². The topological polar surface area (TPSA) is 173 Å². The van der Waals surface area contributed by atoms with Crippen LogP contribution in [0.15, 0.2) is 48.7 Å². The van der Waals surface area contributed by atoms with Crippen molar-refractivity contribution in [3.05, 3.63) is 65.4 Å². The highest BCUT2D eigenvalue weighted by atomic mass is 19.4. The third-order valence-electron chi connectivity index (χ3n) is 5.61. The van der Waals surface area contributed by atoms with E-state index in [9.17, 15) is 41.4 Å². The van der Waals surface area contributed by atoms with Gasteiger partial charge in [0, 0.05) is 16.7 Å². The third-order valence-corrected chi connectivity index (χ3v) is 5.61. The van der Waals surface area contributed by atoms with Crippen LogP contribution >= 0.6 is 0 Å². The summed E-state index contributed by atoms with van der Waals surface area (Å²) in [6, 6.07) is 10.1. The van der Waals surface area contributed by atoms with Gasteiger partial charge in [-0.1, -0.05) is 36.4 Å². The largest absolute Gasteiger partial charge is 0.490 e. The van der Waals surface area contributed by atoms with Crippen molar-refractivity contribution in [1.82, 2.24) is 9.97 Å². The van der Waals surface area contributed by atoms with Crippen LogP contribution in [-0.2, 0) is 20.8 Å². The SMILES string of the molecule is Cc1ccc(C(O)(C(N)=O)C(F)(F)F)cc1-c1cnc(N)c(-c2ccc(C(C)(C)O)cc2)n1.O=C(O)C(F)(F)F. The number of hydrogen-bond donors (Lipinski definition) is 5. The Labute approximate surface area is 223 Å². The Balaban J connectivity index is 0.000000708. The number of hydrogen-bond acceptors (Lipinski definition) is 7. The number of carbonyl (C=O) groups excluding carboxylic acids is 1. The Bertz CT molecular complexity index is 1400. The predicted octanol–water partition coefficient (Wildman–Crippen LogP) is 3.80. The second-order valence-electron chi connectivity index (χ2n) is 9.03. The molecule has 1 heterocycles. The maximum absolute atomic E-state index is 13.5. The molecule has 0 saturated heterocycles. The zero-order valence-corrected chi connectivity index (χ0v) is 21.1. The minimum absolute atomic E-state index is 0.0903. The number of aryl methyl sites for hydroxylation is 1. The normalized spacial score (nSPS) is 13.6. The number of aromatic nitrogens is 2. The number of nitrogens with zero attached hydrogens (tertiary/aromatic N) is 2. The maximum Gasteiger partial charge on any atom is 0.490 e. The van der Waals surface area contributed by atoms with Crippen LogP contribution in [0.1, 0.15) is 30.5 Å². The number of rotatable bonds is 5. The molecular weight excluding hydrogens is 550 g/mol. The molecule has 1 aromatic heterocycles. The number of primary amides is 1. The van der Waals surface area contributed by atoms with Crippen molar-refractivity contribution in [2.75, 3.05) is 5.73 Å². The number of aliphatic carboxylic acids is 1. The van der Waals surface area contributed by atoms with Gasteiger partial charge in [-0.05, 0) is 38.0 Å². The van der Waals surface area contributed by atoms with Crippen molar-refractivity contribution in [3.8, 4) is 22.5 Å². The Morgan fingerprint density at radius 1 is 0.900 bits per heavy atom. The lowest BCUT2D eigenvalue weighted by atomic mass is 9.89. The van der Waals surface area contributed by atoms with Crippen LogP contribution in [0.25, 0.3) is 22.5 Å². The van der Waals surface area contributed by atoms with Gasteiger partial charge in [-0.3, -0.25) is 4.79 Å². The van der Waals surface area contributed by atoms with Gasteiger partial charge in [-0.15, -0.1) is 0 Å². The van der Waals surface area contributed by atoms with Gasteiger partial charge in [0.1, 0.15) is 11.5 Å². The molecule has 1 unspecified atom stereocenters. The van der Waals surface area contributed by atoms with Gasteiger partial charge < -0.3 is 26.8 Å². The number of nitrogens with two attached hydrogens (primary N) is 2. The fourth-order valence-corrected chi connectivity index (χ4v) is 3.35. The molecule has 0 radical (unpaired) electrons. The maximum atomic E-state index is 13.5. The third kappa shape index (κ3) is 6.84. The van der Waals surface area contributed by atoms with E-state index in [1.54, 1.807) is 45.0 Å². The van der Waals surface area contributed by atoms with Gasteiger partial charge in [0.25, 0.3) is 11.5 Å². The van der Waals surface area contributed by atoms with Crippen molar-refractivity contribution in [2.45, 2.75) is 44.3 Å². The number of carboxylic acid groups (broad SMARTS) is 1. The second-order valence-corrected chi connectivity index (χ2v) is 9.03. The molecule has 15 heteroatoms. The van der Waals surface area contributed by atoms with Crippen molar-refractivity contribution in [1.29, 1.82) is 0 Å². The van der Waals surface area contributed by atoms with Crippen LogP contribution < -0.4 is 11.5 Å². The molecule has 0 bridgehead atoms. The fourth-order valence-electron chi connectivity index (χ4n) is 3.35. The average molecular weight is 574 g/mol. The molecule has 0 spiro atoms. The number of nitrogen functional groups attached to an aromatic ring is 1. The molecule has 0 saturated carbocycles. The molecule has 2 aromatic carbocycles. The standard InChI is InChI=1S/C23H23F3N4O3.C2HF3O2/c1-12-4-7-15(22(33,20(28)31)23(24,25)26)10-16(12)17-11-29-19(27)18(30-17)13-5-8-14(9-6-13)21(2,3)32;3-2(4,5)1(6)7/h4-11,32-33H,1-3H3,(H2,27,29)(H2,28,31);(H,6,7). The highest BCUT2D eigenvalue weighted by molar-refractivity contribution is 5.86. The van der Waals surface area contributed by atoms with E-state index in [0.29, 0.717) is 16.7 Å². The molecule has 0 aliphatic heterocycles. The quantitative estimate of drug-likeness (QED) is 0.286. The van der Waals surface area contributed by atoms with Crippen molar-refractivity contribution < 1.29 is 51.3 Å². The molecule has 7 N–H and O–H groups in total. The molecule has 0 aliphatic rings. The highest BCUT2D eigenvalue weighted by Crippen LogP contribution is 2.40. The summed E-state index contributed by atoms with van der Waals surface area (Å²) in [6.07, 6.45) is -9.13. The van der Waals surface area contributed by atoms with E-state index in [1.165, 1.54) is 12.3 Å². The fraction of sp³-hybridized carbons (Fsp3) is 0.280. The summed E-state index contributed by atoms with van der Waals surface area (Å²) in [4.78, 5) is 29.0. The molecule has 3 aromatic rings. The first-order valence-corrected chi connectivity index (χ1v) is 11.1. The first kappa shape index (κ1) is 32.0. The summed E-state index contributed by atoms with van der Waals surface area (Å²) in [5, 5.41) is 27.4. The van der Waals surface area contributed by atoms with E-state index < -0.39 is 41.0 Å². The number of halogens is 6. The first-order valence-electron chi connectivity index (χ1n) is 11.1. The minimum atomic E-state index is -5.33. The summed E-state index contributed by atoms with van der Waals surface area (Å²) >= 11 is 0. The number of benzene rings is 2.